The highest BCUT2D eigenvalue weighted by atomic mass is 35.5. The van der Waals surface area contributed by atoms with Crippen LogP contribution in [0.15, 0.2) is 36.7 Å². The summed E-state index contributed by atoms with van der Waals surface area (Å²) in [6, 6.07) is 6.13. The van der Waals surface area contributed by atoms with Crippen molar-refractivity contribution in [2.24, 2.45) is 0 Å². The minimum absolute atomic E-state index is 0.0134. The van der Waals surface area contributed by atoms with Crippen LogP contribution in [0, 0.1) is 6.92 Å². The predicted molar refractivity (Wildman–Crippen MR) is 76.2 cm³/mol. The highest BCUT2D eigenvalue weighted by Gasteiger charge is 2.15. The summed E-state index contributed by atoms with van der Waals surface area (Å²) in [5, 5.41) is 13.8. The van der Waals surface area contributed by atoms with Crippen LogP contribution < -0.4 is 4.74 Å². The molecule has 0 atom stereocenters. The van der Waals surface area contributed by atoms with E-state index in [-0.39, 0.29) is 17.2 Å². The summed E-state index contributed by atoms with van der Waals surface area (Å²) in [5.74, 6) is -0.698. The highest BCUT2D eigenvalue weighted by Crippen LogP contribution is 2.29. The van der Waals surface area contributed by atoms with Gasteiger partial charge in [-0.3, -0.25) is 0 Å². The summed E-state index contributed by atoms with van der Waals surface area (Å²) in [4.78, 5) is 15.4. The normalized spacial score (nSPS) is 10.8. The Balaban J connectivity index is 2.10. The molecule has 0 amide bonds. The topological polar surface area (TPSA) is 76.7 Å². The summed E-state index contributed by atoms with van der Waals surface area (Å²) < 4.78 is 7.25. The molecule has 21 heavy (non-hydrogen) atoms. The molecule has 0 bridgehead atoms. The zero-order valence-electron chi connectivity index (χ0n) is 10.9. The van der Waals surface area contributed by atoms with E-state index >= 15 is 0 Å². The second-order valence-electron chi connectivity index (χ2n) is 4.40. The Kier molecular flexibility index (Phi) is 3.23. The van der Waals surface area contributed by atoms with Gasteiger partial charge >= 0.3 is 5.97 Å². The molecule has 0 saturated heterocycles. The van der Waals surface area contributed by atoms with Crippen LogP contribution in [0.3, 0.4) is 0 Å². The van der Waals surface area contributed by atoms with Crippen molar-refractivity contribution in [3.63, 3.8) is 0 Å². The van der Waals surface area contributed by atoms with Gasteiger partial charge in [-0.25, -0.2) is 14.3 Å². The Morgan fingerprint density at radius 1 is 1.38 bits per heavy atom. The molecule has 0 spiro atoms. The minimum Gasteiger partial charge on any atom is -0.478 e. The Labute approximate surface area is 124 Å². The number of nitrogens with zero attached hydrogens (tertiary/aromatic N) is 3. The molecule has 0 fully saturated rings. The molecule has 0 saturated carbocycles. The quantitative estimate of drug-likeness (QED) is 0.804. The van der Waals surface area contributed by atoms with Gasteiger partial charge in [0.1, 0.15) is 16.8 Å². The molecule has 2 aromatic heterocycles. The SMILES string of the molecule is Cc1cc2c(Oc3cc(Cl)ccc3C(=O)O)nccn2n1. The molecule has 6 nitrogen and oxygen atoms in total. The molecular formula is C14H10ClN3O3. The summed E-state index contributed by atoms with van der Waals surface area (Å²) in [6.45, 7) is 1.85. The van der Waals surface area contributed by atoms with E-state index in [1.165, 1.54) is 24.4 Å². The number of ether oxygens (including phenoxy) is 1. The van der Waals surface area contributed by atoms with E-state index in [4.69, 9.17) is 16.3 Å². The third-order valence-corrected chi connectivity index (χ3v) is 3.09. The maximum atomic E-state index is 11.2. The smallest absolute Gasteiger partial charge is 0.339 e. The lowest BCUT2D eigenvalue weighted by Crippen LogP contribution is -2.01. The lowest BCUT2D eigenvalue weighted by atomic mass is 10.2. The summed E-state index contributed by atoms with van der Waals surface area (Å²) in [7, 11) is 0. The van der Waals surface area contributed by atoms with Gasteiger partial charge in [-0.15, -0.1) is 0 Å². The fourth-order valence-electron chi connectivity index (χ4n) is 1.96. The number of carboxylic acid groups (broad SMARTS) is 1. The molecule has 3 aromatic rings. The first kappa shape index (κ1) is 13.4. The highest BCUT2D eigenvalue weighted by molar-refractivity contribution is 6.30. The summed E-state index contributed by atoms with van der Waals surface area (Å²) >= 11 is 5.90. The lowest BCUT2D eigenvalue weighted by molar-refractivity contribution is 0.0694. The van der Waals surface area contributed by atoms with Crippen molar-refractivity contribution in [3.05, 3.63) is 52.9 Å². The number of carboxylic acids is 1. The standard InChI is InChI=1S/C14H10ClN3O3/c1-8-6-11-13(16-4-5-18(11)17-8)21-12-7-9(15)2-3-10(12)14(19)20/h2-7H,1H3,(H,19,20). The molecule has 7 heteroatoms. The molecule has 1 aromatic carbocycles. The van der Waals surface area contributed by atoms with Crippen LogP contribution in [0.2, 0.25) is 5.02 Å². The van der Waals surface area contributed by atoms with E-state index in [1.807, 2.05) is 6.92 Å². The number of aromatic nitrogens is 3. The van der Waals surface area contributed by atoms with E-state index in [1.54, 1.807) is 16.8 Å². The van der Waals surface area contributed by atoms with Gasteiger partial charge in [0, 0.05) is 23.5 Å². The number of carbonyl (C=O) groups is 1. The second-order valence-corrected chi connectivity index (χ2v) is 4.83. The van der Waals surface area contributed by atoms with Crippen molar-refractivity contribution in [1.82, 2.24) is 14.6 Å². The fraction of sp³-hybridized carbons (Fsp3) is 0.0714. The van der Waals surface area contributed by atoms with Crippen LogP contribution in [-0.4, -0.2) is 25.7 Å². The van der Waals surface area contributed by atoms with Crippen LogP contribution in [-0.2, 0) is 0 Å². The maximum Gasteiger partial charge on any atom is 0.339 e. The Morgan fingerprint density at radius 2 is 2.19 bits per heavy atom. The van der Waals surface area contributed by atoms with Crippen molar-refractivity contribution in [1.29, 1.82) is 0 Å². The first-order chi connectivity index (χ1) is 10.0. The van der Waals surface area contributed by atoms with Gasteiger partial charge in [0.25, 0.3) is 0 Å². The zero-order chi connectivity index (χ0) is 15.0. The summed E-state index contributed by atoms with van der Waals surface area (Å²) in [5.41, 5.74) is 1.46. The first-order valence-electron chi connectivity index (χ1n) is 6.06. The average molecular weight is 304 g/mol. The zero-order valence-corrected chi connectivity index (χ0v) is 11.7. The van der Waals surface area contributed by atoms with Gasteiger partial charge < -0.3 is 9.84 Å². The van der Waals surface area contributed by atoms with Crippen LogP contribution in [0.25, 0.3) is 5.52 Å². The van der Waals surface area contributed by atoms with Crippen molar-refractivity contribution >= 4 is 23.1 Å². The van der Waals surface area contributed by atoms with Gasteiger partial charge in [-0.2, -0.15) is 5.10 Å². The third kappa shape index (κ3) is 2.53. The second kappa shape index (κ2) is 5.06. The third-order valence-electron chi connectivity index (χ3n) is 2.86. The number of halogens is 1. The number of rotatable bonds is 3. The van der Waals surface area contributed by atoms with E-state index < -0.39 is 5.97 Å². The molecule has 0 aliphatic carbocycles. The van der Waals surface area contributed by atoms with E-state index in [0.717, 1.165) is 5.69 Å². The number of aromatic carboxylic acids is 1. The van der Waals surface area contributed by atoms with Crippen molar-refractivity contribution < 1.29 is 14.6 Å². The van der Waals surface area contributed by atoms with Crippen molar-refractivity contribution in [2.45, 2.75) is 6.92 Å². The molecule has 1 N–H and O–H groups in total. The van der Waals surface area contributed by atoms with Gasteiger partial charge in [0.15, 0.2) is 0 Å². The van der Waals surface area contributed by atoms with E-state index in [2.05, 4.69) is 10.1 Å². The van der Waals surface area contributed by atoms with Gasteiger partial charge in [0.2, 0.25) is 5.88 Å². The molecule has 2 heterocycles. The van der Waals surface area contributed by atoms with Crippen molar-refractivity contribution in [3.8, 4) is 11.6 Å². The Hall–Kier alpha value is -2.60. The molecule has 0 aliphatic heterocycles. The van der Waals surface area contributed by atoms with Crippen LogP contribution >= 0.6 is 11.6 Å². The molecule has 0 aliphatic rings. The van der Waals surface area contributed by atoms with Gasteiger partial charge in [-0.05, 0) is 25.1 Å². The average Bonchev–Trinajstić information content (AvgIpc) is 2.80. The van der Waals surface area contributed by atoms with Crippen LogP contribution in [0.1, 0.15) is 16.1 Å². The number of aryl methyl sites for hydroxylation is 1. The van der Waals surface area contributed by atoms with E-state index in [9.17, 15) is 9.90 Å². The fourth-order valence-corrected chi connectivity index (χ4v) is 2.12. The number of benzene rings is 1. The summed E-state index contributed by atoms with van der Waals surface area (Å²) in [6.07, 6.45) is 3.21. The molecular weight excluding hydrogens is 294 g/mol. The van der Waals surface area contributed by atoms with E-state index in [0.29, 0.717) is 10.5 Å². The van der Waals surface area contributed by atoms with Gasteiger partial charge in [-0.1, -0.05) is 11.6 Å². The molecule has 106 valence electrons. The number of hydrogen-bond acceptors (Lipinski definition) is 4. The molecule has 0 radical (unpaired) electrons. The minimum atomic E-state index is -1.10. The maximum absolute atomic E-state index is 11.2. The number of fused-ring (bicyclic) bond motifs is 1. The largest absolute Gasteiger partial charge is 0.478 e. The Morgan fingerprint density at radius 3 is 2.95 bits per heavy atom. The van der Waals surface area contributed by atoms with Crippen molar-refractivity contribution in [2.75, 3.05) is 0 Å². The molecule has 0 unspecified atom stereocenters. The lowest BCUT2D eigenvalue weighted by Gasteiger charge is -2.09. The molecule has 3 rings (SSSR count). The monoisotopic (exact) mass is 303 g/mol. The predicted octanol–water partition coefficient (Wildman–Crippen LogP) is 3.18. The number of hydrogen-bond donors (Lipinski definition) is 1. The van der Waals surface area contributed by atoms with Crippen LogP contribution in [0.4, 0.5) is 0 Å². The van der Waals surface area contributed by atoms with Crippen LogP contribution in [0.5, 0.6) is 11.6 Å². The van der Waals surface area contributed by atoms with Gasteiger partial charge in [0.05, 0.1) is 5.69 Å². The Bertz CT molecular complexity index is 845. The first-order valence-corrected chi connectivity index (χ1v) is 6.44.